The topological polar surface area (TPSA) is 65.5 Å². The molecule has 1 aromatic carbocycles. The SMILES string of the molecule is CNC(=O)c1cc(-c2nc3c(s2)C(O)CCC3)ccc1N(C)C. The van der Waals surface area contributed by atoms with Gasteiger partial charge >= 0.3 is 0 Å². The number of hydrogen-bond acceptors (Lipinski definition) is 5. The van der Waals surface area contributed by atoms with Crippen molar-refractivity contribution in [1.82, 2.24) is 10.3 Å². The first-order chi connectivity index (χ1) is 11.0. The van der Waals surface area contributed by atoms with Gasteiger partial charge in [0.25, 0.3) is 5.91 Å². The number of aromatic nitrogens is 1. The van der Waals surface area contributed by atoms with Crippen molar-refractivity contribution >= 4 is 22.9 Å². The van der Waals surface area contributed by atoms with Crippen LogP contribution in [0.15, 0.2) is 18.2 Å². The molecule has 0 fully saturated rings. The maximum Gasteiger partial charge on any atom is 0.253 e. The fourth-order valence-corrected chi connectivity index (χ4v) is 4.02. The highest BCUT2D eigenvalue weighted by atomic mass is 32.1. The van der Waals surface area contributed by atoms with Gasteiger partial charge in [-0.25, -0.2) is 4.98 Å². The van der Waals surface area contributed by atoms with Crippen LogP contribution in [-0.4, -0.2) is 37.1 Å². The molecular weight excluding hydrogens is 310 g/mol. The van der Waals surface area contributed by atoms with Gasteiger partial charge < -0.3 is 15.3 Å². The van der Waals surface area contributed by atoms with Crippen LogP contribution in [0.1, 0.15) is 39.9 Å². The molecule has 0 aliphatic heterocycles. The van der Waals surface area contributed by atoms with Crippen LogP contribution in [-0.2, 0) is 6.42 Å². The lowest BCUT2D eigenvalue weighted by Crippen LogP contribution is -2.22. The molecule has 0 spiro atoms. The van der Waals surface area contributed by atoms with Crippen molar-refractivity contribution in [3.8, 4) is 10.6 Å². The Morgan fingerprint density at radius 2 is 2.22 bits per heavy atom. The van der Waals surface area contributed by atoms with Crippen LogP contribution >= 0.6 is 11.3 Å². The Morgan fingerprint density at radius 3 is 2.87 bits per heavy atom. The highest BCUT2D eigenvalue weighted by Crippen LogP contribution is 2.38. The Bertz CT molecular complexity index is 739. The molecule has 2 aromatic rings. The number of anilines is 1. The number of fused-ring (bicyclic) bond motifs is 1. The second-order valence-corrected chi connectivity index (χ2v) is 6.97. The van der Waals surface area contributed by atoms with Crippen molar-refractivity contribution in [3.63, 3.8) is 0 Å². The smallest absolute Gasteiger partial charge is 0.253 e. The molecule has 1 amide bonds. The van der Waals surface area contributed by atoms with Crippen molar-refractivity contribution in [2.24, 2.45) is 0 Å². The van der Waals surface area contributed by atoms with E-state index in [4.69, 9.17) is 0 Å². The second kappa shape index (κ2) is 6.29. The molecule has 0 bridgehead atoms. The minimum Gasteiger partial charge on any atom is -0.388 e. The summed E-state index contributed by atoms with van der Waals surface area (Å²) in [4.78, 5) is 19.8. The van der Waals surface area contributed by atoms with Crippen LogP contribution in [0.4, 0.5) is 5.69 Å². The summed E-state index contributed by atoms with van der Waals surface area (Å²) < 4.78 is 0. The molecule has 0 radical (unpaired) electrons. The summed E-state index contributed by atoms with van der Waals surface area (Å²) in [6, 6.07) is 5.81. The van der Waals surface area contributed by atoms with E-state index in [2.05, 4.69) is 10.3 Å². The Kier molecular flexibility index (Phi) is 4.37. The zero-order chi connectivity index (χ0) is 16.6. The van der Waals surface area contributed by atoms with Gasteiger partial charge in [-0.15, -0.1) is 11.3 Å². The average Bonchev–Trinajstić information content (AvgIpc) is 2.99. The summed E-state index contributed by atoms with van der Waals surface area (Å²) in [5.41, 5.74) is 3.42. The number of nitrogens with zero attached hydrogens (tertiary/aromatic N) is 2. The number of aliphatic hydroxyl groups excluding tert-OH is 1. The van der Waals surface area contributed by atoms with E-state index in [9.17, 15) is 9.90 Å². The molecular formula is C17H21N3O2S. The molecule has 1 aliphatic rings. The Labute approximate surface area is 140 Å². The Morgan fingerprint density at radius 1 is 1.43 bits per heavy atom. The maximum atomic E-state index is 12.2. The minimum atomic E-state index is -0.399. The number of aryl methyl sites for hydroxylation is 1. The van der Waals surface area contributed by atoms with Crippen LogP contribution in [0, 0.1) is 0 Å². The molecule has 1 unspecified atom stereocenters. The average molecular weight is 331 g/mol. The number of hydrogen-bond donors (Lipinski definition) is 2. The van der Waals surface area contributed by atoms with Crippen molar-refractivity contribution in [2.45, 2.75) is 25.4 Å². The summed E-state index contributed by atoms with van der Waals surface area (Å²) in [5, 5.41) is 13.7. The maximum absolute atomic E-state index is 12.2. The molecule has 5 nitrogen and oxygen atoms in total. The molecule has 2 N–H and O–H groups in total. The van der Waals surface area contributed by atoms with E-state index in [1.165, 1.54) is 11.3 Å². The van der Waals surface area contributed by atoms with Crippen molar-refractivity contribution in [2.75, 3.05) is 26.0 Å². The van der Waals surface area contributed by atoms with Gasteiger partial charge in [0.15, 0.2) is 0 Å². The normalized spacial score (nSPS) is 16.8. The van der Waals surface area contributed by atoms with Crippen LogP contribution < -0.4 is 10.2 Å². The standard InChI is InChI=1S/C17H21N3O2S/c1-18-16(22)11-9-10(7-8-13(11)20(2)3)17-19-12-5-4-6-14(21)15(12)23-17/h7-9,14,21H,4-6H2,1-3H3,(H,18,22). The monoisotopic (exact) mass is 331 g/mol. The molecule has 3 rings (SSSR count). The largest absolute Gasteiger partial charge is 0.388 e. The van der Waals surface area contributed by atoms with Crippen molar-refractivity contribution in [1.29, 1.82) is 0 Å². The summed E-state index contributed by atoms with van der Waals surface area (Å²) in [5.74, 6) is -0.114. The predicted molar refractivity (Wildman–Crippen MR) is 93.2 cm³/mol. The third kappa shape index (κ3) is 2.96. The summed E-state index contributed by atoms with van der Waals surface area (Å²) in [7, 11) is 5.46. The highest BCUT2D eigenvalue weighted by Gasteiger charge is 2.23. The third-order valence-electron chi connectivity index (χ3n) is 4.12. The fraction of sp³-hybridized carbons (Fsp3) is 0.412. The lowest BCUT2D eigenvalue weighted by molar-refractivity contribution is 0.0963. The van der Waals surface area contributed by atoms with Gasteiger partial charge in [-0.2, -0.15) is 0 Å². The van der Waals surface area contributed by atoms with Crippen LogP contribution in [0.3, 0.4) is 0 Å². The van der Waals surface area contributed by atoms with E-state index < -0.39 is 6.10 Å². The minimum absolute atomic E-state index is 0.114. The van der Waals surface area contributed by atoms with Gasteiger partial charge in [0.05, 0.1) is 22.2 Å². The van der Waals surface area contributed by atoms with Gasteiger partial charge in [0.2, 0.25) is 0 Å². The van der Waals surface area contributed by atoms with Gasteiger partial charge in [0, 0.05) is 32.4 Å². The Balaban J connectivity index is 2.05. The summed E-state index contributed by atoms with van der Waals surface area (Å²) in [6.07, 6.45) is 2.29. The fourth-order valence-electron chi connectivity index (χ4n) is 2.90. The van der Waals surface area contributed by atoms with E-state index in [0.717, 1.165) is 46.1 Å². The van der Waals surface area contributed by atoms with Crippen LogP contribution in [0.5, 0.6) is 0 Å². The van der Waals surface area contributed by atoms with E-state index in [0.29, 0.717) is 5.56 Å². The third-order valence-corrected chi connectivity index (χ3v) is 5.37. The van der Waals surface area contributed by atoms with Crippen molar-refractivity contribution < 1.29 is 9.90 Å². The Hall–Kier alpha value is -1.92. The molecule has 1 heterocycles. The summed E-state index contributed by atoms with van der Waals surface area (Å²) in [6.45, 7) is 0. The number of amides is 1. The zero-order valence-electron chi connectivity index (χ0n) is 13.6. The van der Waals surface area contributed by atoms with Gasteiger partial charge in [-0.05, 0) is 37.5 Å². The lowest BCUT2D eigenvalue weighted by atomic mass is 10.0. The van der Waals surface area contributed by atoms with E-state index in [1.54, 1.807) is 7.05 Å². The number of carbonyl (C=O) groups excluding carboxylic acids is 1. The highest BCUT2D eigenvalue weighted by molar-refractivity contribution is 7.15. The van der Waals surface area contributed by atoms with Gasteiger partial charge in [0.1, 0.15) is 5.01 Å². The first-order valence-corrected chi connectivity index (χ1v) is 8.54. The first-order valence-electron chi connectivity index (χ1n) is 7.72. The van der Waals surface area contributed by atoms with E-state index >= 15 is 0 Å². The van der Waals surface area contributed by atoms with Gasteiger partial charge in [-0.1, -0.05) is 0 Å². The number of carbonyl (C=O) groups is 1. The second-order valence-electron chi connectivity index (χ2n) is 5.94. The molecule has 6 heteroatoms. The quantitative estimate of drug-likeness (QED) is 0.907. The van der Waals surface area contributed by atoms with Crippen molar-refractivity contribution in [3.05, 3.63) is 34.3 Å². The molecule has 0 saturated carbocycles. The number of thiazole rings is 1. The van der Waals surface area contributed by atoms with Crippen LogP contribution in [0.25, 0.3) is 10.6 Å². The molecule has 0 saturated heterocycles. The lowest BCUT2D eigenvalue weighted by Gasteiger charge is -2.17. The molecule has 1 atom stereocenters. The zero-order valence-corrected chi connectivity index (χ0v) is 14.4. The number of benzene rings is 1. The number of aliphatic hydroxyl groups is 1. The van der Waals surface area contributed by atoms with E-state index in [1.807, 2.05) is 37.2 Å². The number of nitrogens with one attached hydrogen (secondary N) is 1. The van der Waals surface area contributed by atoms with Crippen LogP contribution in [0.2, 0.25) is 0 Å². The predicted octanol–water partition coefficient (Wildman–Crippen LogP) is 2.61. The first kappa shape index (κ1) is 16.0. The molecule has 1 aromatic heterocycles. The van der Waals surface area contributed by atoms with E-state index in [-0.39, 0.29) is 5.91 Å². The van der Waals surface area contributed by atoms with Gasteiger partial charge in [-0.3, -0.25) is 4.79 Å². The number of rotatable bonds is 3. The summed E-state index contributed by atoms with van der Waals surface area (Å²) >= 11 is 1.53. The molecule has 122 valence electrons. The molecule has 23 heavy (non-hydrogen) atoms. The molecule has 1 aliphatic carbocycles.